The lowest BCUT2D eigenvalue weighted by molar-refractivity contribution is 1.15. The lowest BCUT2D eigenvalue weighted by Crippen LogP contribution is -2.02. The molecule has 108 valence electrons. The van der Waals surface area contributed by atoms with E-state index in [0.717, 1.165) is 22.8 Å². The third-order valence-corrected chi connectivity index (χ3v) is 5.01. The number of benzene rings is 2. The van der Waals surface area contributed by atoms with Crippen molar-refractivity contribution < 1.29 is 0 Å². The van der Waals surface area contributed by atoms with Crippen molar-refractivity contribution in [3.63, 3.8) is 0 Å². The van der Waals surface area contributed by atoms with Gasteiger partial charge in [-0.15, -0.1) is 0 Å². The Labute approximate surface area is 145 Å². The average molecular weight is 379 g/mol. The van der Waals surface area contributed by atoms with E-state index in [1.807, 2.05) is 6.07 Å². The van der Waals surface area contributed by atoms with E-state index >= 15 is 0 Å². The van der Waals surface area contributed by atoms with E-state index in [0.29, 0.717) is 37.9 Å². The highest BCUT2D eigenvalue weighted by Gasteiger charge is 2.13. The molecule has 0 aliphatic heterocycles. The van der Waals surface area contributed by atoms with Crippen LogP contribution < -0.4 is 5.32 Å². The number of fused-ring (bicyclic) bond motifs is 1. The number of nitrogens with one attached hydrogen (secondary N) is 1. The summed E-state index contributed by atoms with van der Waals surface area (Å²) in [7, 11) is 0. The van der Waals surface area contributed by atoms with Gasteiger partial charge in [0.2, 0.25) is 0 Å². The van der Waals surface area contributed by atoms with Crippen LogP contribution in [0.3, 0.4) is 0 Å². The lowest BCUT2D eigenvalue weighted by atomic mass is 10.2. The zero-order valence-electron chi connectivity index (χ0n) is 10.3. The largest absolute Gasteiger partial charge is 0.378 e. The molecule has 0 spiro atoms. The van der Waals surface area contributed by atoms with Gasteiger partial charge < -0.3 is 5.32 Å². The van der Waals surface area contributed by atoms with E-state index in [1.165, 1.54) is 0 Å². The Balaban J connectivity index is 1.96. The number of hydrogen-bond donors (Lipinski definition) is 1. The molecular formula is C13H7Cl4N3S. The third kappa shape index (κ3) is 2.91. The molecular weight excluding hydrogens is 372 g/mol. The SMILES string of the molecule is Clc1ccc(Cl)c(CNc2c(Cl)ccc3nsnc23)c1Cl. The zero-order chi connectivity index (χ0) is 15.0. The van der Waals surface area contributed by atoms with Crippen LogP contribution in [0.25, 0.3) is 11.0 Å². The van der Waals surface area contributed by atoms with Crippen molar-refractivity contribution in [3.05, 3.63) is 49.9 Å². The number of aromatic nitrogens is 2. The van der Waals surface area contributed by atoms with Crippen LogP contribution in [-0.4, -0.2) is 8.75 Å². The van der Waals surface area contributed by atoms with Crippen LogP contribution in [0.2, 0.25) is 20.1 Å². The van der Waals surface area contributed by atoms with Gasteiger partial charge in [0.05, 0.1) is 32.5 Å². The van der Waals surface area contributed by atoms with Crippen LogP contribution in [0.4, 0.5) is 5.69 Å². The molecule has 21 heavy (non-hydrogen) atoms. The topological polar surface area (TPSA) is 37.8 Å². The van der Waals surface area contributed by atoms with Gasteiger partial charge in [0, 0.05) is 17.1 Å². The highest BCUT2D eigenvalue weighted by Crippen LogP contribution is 2.34. The number of rotatable bonds is 3. The minimum absolute atomic E-state index is 0.384. The normalized spacial score (nSPS) is 11.0. The number of halogens is 4. The van der Waals surface area contributed by atoms with E-state index in [1.54, 1.807) is 18.2 Å². The molecule has 0 amide bonds. The molecule has 0 aliphatic carbocycles. The molecule has 1 N–H and O–H groups in total. The minimum Gasteiger partial charge on any atom is -0.378 e. The molecule has 0 saturated carbocycles. The first kappa shape index (κ1) is 15.1. The van der Waals surface area contributed by atoms with E-state index < -0.39 is 0 Å². The summed E-state index contributed by atoms with van der Waals surface area (Å²) in [5.41, 5.74) is 2.93. The lowest BCUT2D eigenvalue weighted by Gasteiger charge is -2.12. The minimum atomic E-state index is 0.384. The predicted octanol–water partition coefficient (Wildman–Crippen LogP) is 5.92. The Morgan fingerprint density at radius 1 is 0.905 bits per heavy atom. The van der Waals surface area contributed by atoms with E-state index in [9.17, 15) is 0 Å². The quantitative estimate of drug-likeness (QED) is 0.575. The third-order valence-electron chi connectivity index (χ3n) is 2.96. The van der Waals surface area contributed by atoms with Gasteiger partial charge in [-0.25, -0.2) is 0 Å². The molecule has 1 aromatic heterocycles. The molecule has 0 atom stereocenters. The first-order valence-electron chi connectivity index (χ1n) is 5.85. The molecule has 0 aliphatic rings. The van der Waals surface area contributed by atoms with Gasteiger partial charge in [-0.2, -0.15) is 8.75 Å². The Kier molecular flexibility index (Phi) is 4.43. The van der Waals surface area contributed by atoms with Crippen LogP contribution in [0.1, 0.15) is 5.56 Å². The molecule has 0 bridgehead atoms. The number of nitrogens with zero attached hydrogens (tertiary/aromatic N) is 2. The van der Waals surface area contributed by atoms with Crippen LogP contribution in [0.5, 0.6) is 0 Å². The van der Waals surface area contributed by atoms with Crippen molar-refractivity contribution >= 4 is 74.9 Å². The second kappa shape index (κ2) is 6.15. The van der Waals surface area contributed by atoms with Gasteiger partial charge in [0.25, 0.3) is 0 Å². The van der Waals surface area contributed by atoms with Gasteiger partial charge in [0.1, 0.15) is 11.0 Å². The van der Waals surface area contributed by atoms with Gasteiger partial charge in [0.15, 0.2) is 0 Å². The summed E-state index contributed by atoms with van der Waals surface area (Å²) in [5.74, 6) is 0. The predicted molar refractivity (Wildman–Crippen MR) is 91.2 cm³/mol. The molecule has 8 heteroatoms. The van der Waals surface area contributed by atoms with Crippen molar-refractivity contribution in [1.29, 1.82) is 0 Å². The summed E-state index contributed by atoms with van der Waals surface area (Å²) in [5, 5.41) is 5.19. The number of anilines is 1. The van der Waals surface area contributed by atoms with E-state index in [-0.39, 0.29) is 0 Å². The molecule has 0 saturated heterocycles. The summed E-state index contributed by atoms with van der Waals surface area (Å²) >= 11 is 25.7. The van der Waals surface area contributed by atoms with Crippen molar-refractivity contribution in [3.8, 4) is 0 Å². The smallest absolute Gasteiger partial charge is 0.129 e. The van der Waals surface area contributed by atoms with E-state index in [4.69, 9.17) is 46.4 Å². The first-order chi connectivity index (χ1) is 10.1. The fourth-order valence-electron chi connectivity index (χ4n) is 1.90. The summed E-state index contributed by atoms with van der Waals surface area (Å²) < 4.78 is 8.43. The Hall–Kier alpha value is -0.780. The maximum Gasteiger partial charge on any atom is 0.129 e. The standard InChI is InChI=1S/C13H7Cl4N3S/c14-7-1-2-8(15)11(17)6(7)5-18-12-9(16)3-4-10-13(12)20-21-19-10/h1-4,18H,5H2. The highest BCUT2D eigenvalue weighted by molar-refractivity contribution is 7.00. The summed E-state index contributed by atoms with van der Waals surface area (Å²) in [6.07, 6.45) is 0. The van der Waals surface area contributed by atoms with Gasteiger partial charge in [-0.1, -0.05) is 46.4 Å². The molecule has 0 radical (unpaired) electrons. The maximum absolute atomic E-state index is 6.22. The second-order valence-electron chi connectivity index (χ2n) is 4.23. The molecule has 3 rings (SSSR count). The molecule has 0 fully saturated rings. The summed E-state index contributed by atoms with van der Waals surface area (Å²) in [6, 6.07) is 6.97. The summed E-state index contributed by atoms with van der Waals surface area (Å²) in [6.45, 7) is 0.384. The fourth-order valence-corrected chi connectivity index (χ4v) is 3.35. The van der Waals surface area contributed by atoms with Crippen LogP contribution in [0.15, 0.2) is 24.3 Å². The summed E-state index contributed by atoms with van der Waals surface area (Å²) in [4.78, 5) is 0. The van der Waals surface area contributed by atoms with E-state index in [2.05, 4.69) is 14.1 Å². The second-order valence-corrected chi connectivity index (χ2v) is 6.36. The van der Waals surface area contributed by atoms with Crippen molar-refractivity contribution in [2.24, 2.45) is 0 Å². The van der Waals surface area contributed by atoms with Crippen molar-refractivity contribution in [2.45, 2.75) is 6.54 Å². The van der Waals surface area contributed by atoms with Gasteiger partial charge in [-0.3, -0.25) is 0 Å². The molecule has 2 aromatic carbocycles. The Morgan fingerprint density at radius 2 is 1.62 bits per heavy atom. The average Bonchev–Trinajstić information content (AvgIpc) is 2.93. The molecule has 3 aromatic rings. The van der Waals surface area contributed by atoms with Gasteiger partial charge in [-0.05, 0) is 24.3 Å². The zero-order valence-corrected chi connectivity index (χ0v) is 14.2. The highest BCUT2D eigenvalue weighted by atomic mass is 35.5. The fraction of sp³-hybridized carbons (Fsp3) is 0.0769. The molecule has 3 nitrogen and oxygen atoms in total. The van der Waals surface area contributed by atoms with Crippen molar-refractivity contribution in [2.75, 3.05) is 5.32 Å². The monoisotopic (exact) mass is 377 g/mol. The Morgan fingerprint density at radius 3 is 2.43 bits per heavy atom. The maximum atomic E-state index is 6.22. The van der Waals surface area contributed by atoms with Crippen LogP contribution >= 0.6 is 58.1 Å². The van der Waals surface area contributed by atoms with Crippen LogP contribution in [-0.2, 0) is 6.54 Å². The van der Waals surface area contributed by atoms with Crippen molar-refractivity contribution in [1.82, 2.24) is 8.75 Å². The van der Waals surface area contributed by atoms with Gasteiger partial charge >= 0.3 is 0 Å². The first-order valence-corrected chi connectivity index (χ1v) is 8.09. The molecule has 0 unspecified atom stereocenters. The number of hydrogen-bond acceptors (Lipinski definition) is 4. The van der Waals surface area contributed by atoms with Crippen LogP contribution in [0, 0.1) is 0 Å². The molecule has 1 heterocycles. The Bertz CT molecular complexity index is 819.